The van der Waals surface area contributed by atoms with Crippen molar-refractivity contribution in [2.75, 3.05) is 0 Å². The molecule has 0 unspecified atom stereocenters. The van der Waals surface area contributed by atoms with Crippen molar-refractivity contribution < 1.29 is 9.53 Å². The fourth-order valence-electron chi connectivity index (χ4n) is 5.85. The minimum absolute atomic E-state index is 0.0349. The highest BCUT2D eigenvalue weighted by Crippen LogP contribution is 2.47. The Morgan fingerprint density at radius 2 is 1.55 bits per heavy atom. The molecule has 1 aliphatic heterocycles. The Bertz CT molecular complexity index is 820. The second kappa shape index (κ2) is 11.8. The van der Waals surface area contributed by atoms with Gasteiger partial charge in [-0.2, -0.15) is 0 Å². The molecule has 1 heterocycles. The van der Waals surface area contributed by atoms with Gasteiger partial charge >= 0.3 is 0 Å². The maximum Gasteiger partial charge on any atom is 0.189 e. The van der Waals surface area contributed by atoms with Crippen molar-refractivity contribution in [3.8, 4) is 0 Å². The molecule has 0 N–H and O–H groups in total. The van der Waals surface area contributed by atoms with Crippen LogP contribution in [-0.2, 0) is 4.74 Å². The van der Waals surface area contributed by atoms with Gasteiger partial charge in [0.2, 0.25) is 0 Å². The van der Waals surface area contributed by atoms with E-state index in [2.05, 4.69) is 40.7 Å². The van der Waals surface area contributed by atoms with E-state index in [0.29, 0.717) is 0 Å². The van der Waals surface area contributed by atoms with E-state index >= 15 is 0 Å². The van der Waals surface area contributed by atoms with E-state index in [1.165, 1.54) is 56.9 Å². The van der Waals surface area contributed by atoms with E-state index in [9.17, 15) is 4.79 Å². The zero-order chi connectivity index (χ0) is 24.0. The summed E-state index contributed by atoms with van der Waals surface area (Å²) in [6, 6.07) is 8.04. The summed E-state index contributed by atoms with van der Waals surface area (Å²) in [5.74, 6) is 2.70. The Hall–Kier alpha value is -1.41. The molecule has 2 nitrogen and oxygen atoms in total. The van der Waals surface area contributed by atoms with Gasteiger partial charge in [0.15, 0.2) is 5.78 Å². The van der Waals surface area contributed by atoms with Gasteiger partial charge in [0, 0.05) is 5.56 Å². The van der Waals surface area contributed by atoms with E-state index in [-0.39, 0.29) is 17.5 Å². The molecule has 184 valence electrons. The van der Waals surface area contributed by atoms with Crippen LogP contribution in [-0.4, -0.2) is 11.4 Å². The summed E-state index contributed by atoms with van der Waals surface area (Å²) in [6.45, 7) is 13.8. The van der Waals surface area contributed by atoms with Crippen LogP contribution in [0.1, 0.15) is 134 Å². The normalized spacial score (nSPS) is 24.6. The Labute approximate surface area is 203 Å². The van der Waals surface area contributed by atoms with E-state index in [4.69, 9.17) is 4.74 Å². The van der Waals surface area contributed by atoms with Crippen molar-refractivity contribution >= 4 is 5.78 Å². The van der Waals surface area contributed by atoms with Crippen LogP contribution in [0.2, 0.25) is 0 Å². The lowest BCUT2D eigenvalue weighted by Gasteiger charge is -2.43. The zero-order valence-electron chi connectivity index (χ0n) is 22.2. The third-order valence-electron chi connectivity index (χ3n) is 8.23. The highest BCUT2D eigenvalue weighted by atomic mass is 16.5. The molecule has 1 aliphatic carbocycles. The first kappa shape index (κ1) is 26.2. The number of carbonyl (C=O) groups is 1. The molecule has 0 radical (unpaired) electrons. The first-order valence-electron chi connectivity index (χ1n) is 13.7. The number of carbonyl (C=O) groups excluding carboxylic acids is 1. The molecule has 2 heteroatoms. The van der Waals surface area contributed by atoms with E-state index in [0.717, 1.165) is 53.7 Å². The Kier molecular flexibility index (Phi) is 9.39. The second-order valence-electron chi connectivity index (χ2n) is 11.9. The molecule has 0 bridgehead atoms. The lowest BCUT2D eigenvalue weighted by Crippen LogP contribution is -2.38. The summed E-state index contributed by atoms with van der Waals surface area (Å²) >= 11 is 0. The smallest absolute Gasteiger partial charge is 0.189 e. The number of ether oxygens (including phenoxy) is 1. The minimum Gasteiger partial charge on any atom is -0.363 e. The maximum atomic E-state index is 12.8. The summed E-state index contributed by atoms with van der Waals surface area (Å²) in [6.07, 6.45) is 13.9. The van der Waals surface area contributed by atoms with Gasteiger partial charge in [0.25, 0.3) is 0 Å². The number of fused-ring (bicyclic) bond motifs is 3. The molecule has 0 saturated carbocycles. The molecular weight excluding hydrogens is 404 g/mol. The third-order valence-corrected chi connectivity index (χ3v) is 8.23. The summed E-state index contributed by atoms with van der Waals surface area (Å²) in [5.41, 5.74) is 3.94. The second-order valence-corrected chi connectivity index (χ2v) is 11.9. The van der Waals surface area contributed by atoms with Gasteiger partial charge in [-0.05, 0) is 67.6 Å². The molecular formula is C31H48O2. The molecule has 3 rings (SSSR count). The van der Waals surface area contributed by atoms with Crippen LogP contribution >= 0.6 is 0 Å². The molecule has 0 spiro atoms. The fraction of sp³-hybridized carbons (Fsp3) is 0.710. The van der Waals surface area contributed by atoms with Gasteiger partial charge in [-0.1, -0.05) is 103 Å². The van der Waals surface area contributed by atoms with Crippen LogP contribution in [0.15, 0.2) is 35.4 Å². The fourth-order valence-corrected chi connectivity index (χ4v) is 5.85. The van der Waals surface area contributed by atoms with Crippen LogP contribution in [0.25, 0.3) is 0 Å². The molecule has 1 aromatic carbocycles. The average molecular weight is 453 g/mol. The van der Waals surface area contributed by atoms with E-state index in [1.54, 1.807) is 0 Å². The number of Topliss-reactive ketones (excluding diaryl/α,β-unsaturated/α-hetero) is 1. The van der Waals surface area contributed by atoms with Gasteiger partial charge in [-0.15, -0.1) is 0 Å². The minimum atomic E-state index is -0.0907. The molecule has 1 fully saturated rings. The van der Waals surface area contributed by atoms with Gasteiger partial charge in [0.05, 0.1) is 5.60 Å². The van der Waals surface area contributed by atoms with Crippen molar-refractivity contribution in [2.24, 2.45) is 17.8 Å². The summed E-state index contributed by atoms with van der Waals surface area (Å²) < 4.78 is 6.76. The van der Waals surface area contributed by atoms with Gasteiger partial charge < -0.3 is 4.74 Å². The predicted octanol–water partition coefficient (Wildman–Crippen LogP) is 9.25. The molecule has 4 atom stereocenters. The summed E-state index contributed by atoms with van der Waals surface area (Å²) in [4.78, 5) is 12.8. The molecule has 2 aliphatic rings. The number of allylic oxidation sites excluding steroid dienone is 1. The molecule has 1 saturated heterocycles. The third kappa shape index (κ3) is 7.04. The van der Waals surface area contributed by atoms with Gasteiger partial charge in [-0.25, -0.2) is 0 Å². The summed E-state index contributed by atoms with van der Waals surface area (Å²) in [5, 5.41) is 0. The Balaban J connectivity index is 1.43. The SMILES string of the molecule is CC1=C2CC[C@@](C)(CCC[C@@H](C)CCC[C@@H](C)CCCC(C)C)O[C@H]2c2ccccc2C1=O. The quantitative estimate of drug-likeness (QED) is 0.316. The Morgan fingerprint density at radius 3 is 2.21 bits per heavy atom. The van der Waals surface area contributed by atoms with Crippen LogP contribution in [0.5, 0.6) is 0 Å². The van der Waals surface area contributed by atoms with Crippen LogP contribution < -0.4 is 0 Å². The topological polar surface area (TPSA) is 26.3 Å². The largest absolute Gasteiger partial charge is 0.363 e. The summed E-state index contributed by atoms with van der Waals surface area (Å²) in [7, 11) is 0. The monoisotopic (exact) mass is 452 g/mol. The standard InChI is InChI=1S/C31H48O2/c1-22(2)12-9-13-23(3)14-10-15-24(4)16-11-20-31(6)21-19-26-25(5)29(32)27-17-7-8-18-28(27)30(26)33-31/h7-8,17-18,22-24,30H,9-16,19-21H2,1-6H3/t23-,24-,30+,31+/m0/s1. The van der Waals surface area contributed by atoms with Crippen LogP contribution in [0.4, 0.5) is 0 Å². The molecule has 1 aromatic rings. The highest BCUT2D eigenvalue weighted by molar-refractivity contribution is 6.11. The van der Waals surface area contributed by atoms with Crippen LogP contribution in [0, 0.1) is 17.8 Å². The van der Waals surface area contributed by atoms with Crippen molar-refractivity contribution in [1.29, 1.82) is 0 Å². The van der Waals surface area contributed by atoms with Gasteiger partial charge in [-0.3, -0.25) is 4.79 Å². The van der Waals surface area contributed by atoms with Crippen molar-refractivity contribution in [1.82, 2.24) is 0 Å². The number of hydrogen-bond acceptors (Lipinski definition) is 2. The first-order valence-corrected chi connectivity index (χ1v) is 13.7. The molecule has 0 aromatic heterocycles. The van der Waals surface area contributed by atoms with E-state index in [1.807, 2.05) is 25.1 Å². The number of benzene rings is 1. The first-order chi connectivity index (χ1) is 15.7. The van der Waals surface area contributed by atoms with Gasteiger partial charge in [0.1, 0.15) is 6.10 Å². The lowest BCUT2D eigenvalue weighted by molar-refractivity contribution is -0.102. The van der Waals surface area contributed by atoms with Crippen molar-refractivity contribution in [3.05, 3.63) is 46.5 Å². The Morgan fingerprint density at radius 1 is 0.939 bits per heavy atom. The predicted molar refractivity (Wildman–Crippen MR) is 140 cm³/mol. The van der Waals surface area contributed by atoms with Crippen molar-refractivity contribution in [3.63, 3.8) is 0 Å². The number of rotatable bonds is 12. The lowest BCUT2D eigenvalue weighted by atomic mass is 9.76. The number of ketones is 1. The average Bonchev–Trinajstić information content (AvgIpc) is 2.77. The number of hydrogen-bond donors (Lipinski definition) is 0. The molecule has 0 amide bonds. The zero-order valence-corrected chi connectivity index (χ0v) is 22.2. The highest BCUT2D eigenvalue weighted by Gasteiger charge is 2.41. The molecule has 33 heavy (non-hydrogen) atoms. The van der Waals surface area contributed by atoms with Crippen molar-refractivity contribution in [2.45, 2.75) is 124 Å². The maximum absolute atomic E-state index is 12.8. The van der Waals surface area contributed by atoms with E-state index < -0.39 is 0 Å². The van der Waals surface area contributed by atoms with Crippen LogP contribution in [0.3, 0.4) is 0 Å².